The highest BCUT2D eigenvalue weighted by Crippen LogP contribution is 2.24. The number of benzene rings is 3. The van der Waals surface area contributed by atoms with Crippen molar-refractivity contribution in [2.75, 3.05) is 17.7 Å². The van der Waals surface area contributed by atoms with Crippen LogP contribution in [0.2, 0.25) is 0 Å². The van der Waals surface area contributed by atoms with Gasteiger partial charge in [-0.2, -0.15) is 0 Å². The third-order valence-corrected chi connectivity index (χ3v) is 4.30. The normalized spacial score (nSPS) is 10.2. The van der Waals surface area contributed by atoms with E-state index in [9.17, 15) is 19.7 Å². The van der Waals surface area contributed by atoms with Crippen LogP contribution in [0.25, 0.3) is 0 Å². The number of nitro benzene ring substituents is 1. The van der Waals surface area contributed by atoms with Crippen molar-refractivity contribution in [2.24, 2.45) is 0 Å². The zero-order chi connectivity index (χ0) is 21.5. The number of hydrogen-bond donors (Lipinski definition) is 2. The molecule has 2 N–H and O–H groups in total. The Morgan fingerprint density at radius 2 is 1.60 bits per heavy atom. The molecular formula is C22H19N3O5. The number of hydrogen-bond acceptors (Lipinski definition) is 5. The van der Waals surface area contributed by atoms with E-state index in [0.717, 1.165) is 0 Å². The van der Waals surface area contributed by atoms with Crippen LogP contribution in [0.4, 0.5) is 17.1 Å². The molecule has 152 valence electrons. The van der Waals surface area contributed by atoms with E-state index in [1.54, 1.807) is 54.6 Å². The second-order valence-corrected chi connectivity index (χ2v) is 6.38. The molecule has 0 aliphatic rings. The monoisotopic (exact) mass is 405 g/mol. The maximum atomic E-state index is 12.4. The lowest BCUT2D eigenvalue weighted by Crippen LogP contribution is -2.15. The summed E-state index contributed by atoms with van der Waals surface area (Å²) in [6.07, 6.45) is 0.0774. The molecule has 8 heteroatoms. The minimum atomic E-state index is -0.491. The van der Waals surface area contributed by atoms with E-state index in [1.165, 1.54) is 19.2 Å². The Morgan fingerprint density at radius 3 is 2.23 bits per heavy atom. The van der Waals surface area contributed by atoms with Crippen molar-refractivity contribution in [1.29, 1.82) is 0 Å². The van der Waals surface area contributed by atoms with Gasteiger partial charge in [-0.3, -0.25) is 19.7 Å². The van der Waals surface area contributed by atoms with Gasteiger partial charge in [0.15, 0.2) is 0 Å². The highest BCUT2D eigenvalue weighted by Gasteiger charge is 2.11. The van der Waals surface area contributed by atoms with E-state index < -0.39 is 4.92 Å². The van der Waals surface area contributed by atoms with Gasteiger partial charge in [-0.1, -0.05) is 24.3 Å². The first-order chi connectivity index (χ1) is 14.5. The number of methoxy groups -OCH3 is 1. The Kier molecular flexibility index (Phi) is 6.39. The molecule has 0 bridgehead atoms. The van der Waals surface area contributed by atoms with E-state index in [2.05, 4.69) is 10.6 Å². The van der Waals surface area contributed by atoms with Crippen LogP contribution in [0.3, 0.4) is 0 Å². The van der Waals surface area contributed by atoms with Crippen molar-refractivity contribution in [1.82, 2.24) is 0 Å². The summed E-state index contributed by atoms with van der Waals surface area (Å²) in [6, 6.07) is 19.4. The van der Waals surface area contributed by atoms with Gasteiger partial charge < -0.3 is 15.4 Å². The molecular weight excluding hydrogens is 386 g/mol. The maximum absolute atomic E-state index is 12.4. The lowest BCUT2D eigenvalue weighted by Gasteiger charge is -2.10. The molecule has 0 aliphatic carbocycles. The Bertz CT molecular complexity index is 1060. The van der Waals surface area contributed by atoms with Gasteiger partial charge in [0.05, 0.1) is 24.1 Å². The largest absolute Gasteiger partial charge is 0.495 e. The summed E-state index contributed by atoms with van der Waals surface area (Å²) in [7, 11) is 1.53. The average molecular weight is 405 g/mol. The quantitative estimate of drug-likeness (QED) is 0.455. The van der Waals surface area contributed by atoms with Gasteiger partial charge >= 0.3 is 0 Å². The topological polar surface area (TPSA) is 111 Å². The van der Waals surface area contributed by atoms with Crippen molar-refractivity contribution in [2.45, 2.75) is 6.42 Å². The molecule has 0 radical (unpaired) electrons. The second kappa shape index (κ2) is 9.33. The summed E-state index contributed by atoms with van der Waals surface area (Å²) >= 11 is 0. The Hall–Kier alpha value is -4.20. The van der Waals surface area contributed by atoms with Crippen LogP contribution in [0.5, 0.6) is 5.75 Å². The predicted molar refractivity (Wildman–Crippen MR) is 113 cm³/mol. The minimum absolute atomic E-state index is 0.0267. The van der Waals surface area contributed by atoms with Crippen LogP contribution in [-0.4, -0.2) is 23.8 Å². The second-order valence-electron chi connectivity index (χ2n) is 6.38. The number of nitrogens with zero attached hydrogens (tertiary/aromatic N) is 1. The number of rotatable bonds is 7. The van der Waals surface area contributed by atoms with Crippen molar-refractivity contribution in [3.8, 4) is 5.75 Å². The van der Waals surface area contributed by atoms with Gasteiger partial charge in [0.25, 0.3) is 11.6 Å². The van der Waals surface area contributed by atoms with E-state index in [4.69, 9.17) is 4.74 Å². The first kappa shape index (κ1) is 20.5. The first-order valence-electron chi connectivity index (χ1n) is 9.04. The molecule has 30 heavy (non-hydrogen) atoms. The predicted octanol–water partition coefficient (Wildman–Crippen LogP) is 4.04. The Balaban J connectivity index is 1.59. The van der Waals surface area contributed by atoms with Crippen molar-refractivity contribution in [3.05, 3.63) is 94.0 Å². The summed E-state index contributed by atoms with van der Waals surface area (Å²) in [6.45, 7) is 0. The van der Waals surface area contributed by atoms with Crippen LogP contribution in [0, 0.1) is 10.1 Å². The Morgan fingerprint density at radius 1 is 0.933 bits per heavy atom. The summed E-state index contributed by atoms with van der Waals surface area (Å²) in [5.74, 6) is -0.0145. The van der Waals surface area contributed by atoms with Crippen LogP contribution >= 0.6 is 0 Å². The van der Waals surface area contributed by atoms with Crippen LogP contribution in [-0.2, 0) is 11.2 Å². The Labute approximate surface area is 172 Å². The van der Waals surface area contributed by atoms with Crippen molar-refractivity contribution < 1.29 is 19.2 Å². The SMILES string of the molecule is COc1ccccc1NC(=O)c1ccc(NC(=O)Cc2ccc([N+](=O)[O-])cc2)cc1. The van der Waals surface area contributed by atoms with E-state index in [0.29, 0.717) is 28.3 Å². The molecule has 3 rings (SSSR count). The number of ether oxygens (including phenoxy) is 1. The molecule has 0 saturated carbocycles. The third kappa shape index (κ3) is 5.20. The number of carbonyl (C=O) groups excluding carboxylic acids is 2. The van der Waals surface area contributed by atoms with Crippen LogP contribution in [0.15, 0.2) is 72.8 Å². The molecule has 0 spiro atoms. The number of amides is 2. The van der Waals surface area contributed by atoms with E-state index in [-0.39, 0.29) is 23.9 Å². The van der Waals surface area contributed by atoms with Crippen LogP contribution < -0.4 is 15.4 Å². The number of carbonyl (C=O) groups is 2. The standard InChI is InChI=1S/C22H19N3O5/c1-30-20-5-3-2-4-19(20)24-22(27)16-8-10-17(11-9-16)23-21(26)14-15-6-12-18(13-7-15)25(28)29/h2-13H,14H2,1H3,(H,23,26)(H,24,27). The summed E-state index contributed by atoms with van der Waals surface area (Å²) < 4.78 is 5.22. The van der Waals surface area contributed by atoms with Gasteiger partial charge in [-0.25, -0.2) is 0 Å². The molecule has 0 heterocycles. The molecule has 3 aromatic rings. The van der Waals surface area contributed by atoms with Gasteiger partial charge in [0.1, 0.15) is 5.75 Å². The fourth-order valence-electron chi connectivity index (χ4n) is 2.77. The summed E-state index contributed by atoms with van der Waals surface area (Å²) in [5.41, 5.74) is 2.16. The number of nitrogens with one attached hydrogen (secondary N) is 2. The molecule has 8 nitrogen and oxygen atoms in total. The third-order valence-electron chi connectivity index (χ3n) is 4.30. The smallest absolute Gasteiger partial charge is 0.269 e. The molecule has 0 saturated heterocycles. The van der Waals surface area contributed by atoms with Gasteiger partial charge in [-0.05, 0) is 42.0 Å². The lowest BCUT2D eigenvalue weighted by molar-refractivity contribution is -0.384. The number of anilines is 2. The molecule has 0 unspecified atom stereocenters. The van der Waals surface area contributed by atoms with E-state index in [1.807, 2.05) is 6.07 Å². The summed E-state index contributed by atoms with van der Waals surface area (Å²) in [5, 5.41) is 16.2. The zero-order valence-electron chi connectivity index (χ0n) is 16.1. The van der Waals surface area contributed by atoms with Crippen LogP contribution in [0.1, 0.15) is 15.9 Å². The van der Waals surface area contributed by atoms with Crippen molar-refractivity contribution in [3.63, 3.8) is 0 Å². The fourth-order valence-corrected chi connectivity index (χ4v) is 2.77. The number of non-ortho nitro benzene ring substituents is 1. The molecule has 0 aromatic heterocycles. The van der Waals surface area contributed by atoms with Gasteiger partial charge in [0.2, 0.25) is 5.91 Å². The average Bonchev–Trinajstić information content (AvgIpc) is 2.75. The number of para-hydroxylation sites is 2. The summed E-state index contributed by atoms with van der Waals surface area (Å²) in [4.78, 5) is 34.8. The highest BCUT2D eigenvalue weighted by molar-refractivity contribution is 6.05. The van der Waals surface area contributed by atoms with Crippen molar-refractivity contribution >= 4 is 28.9 Å². The maximum Gasteiger partial charge on any atom is 0.269 e. The van der Waals surface area contributed by atoms with Gasteiger partial charge in [-0.15, -0.1) is 0 Å². The molecule has 3 aromatic carbocycles. The minimum Gasteiger partial charge on any atom is -0.495 e. The molecule has 0 fully saturated rings. The van der Waals surface area contributed by atoms with E-state index >= 15 is 0 Å². The molecule has 2 amide bonds. The van der Waals surface area contributed by atoms with Gasteiger partial charge in [0, 0.05) is 23.4 Å². The lowest BCUT2D eigenvalue weighted by atomic mass is 10.1. The zero-order valence-corrected chi connectivity index (χ0v) is 16.1. The highest BCUT2D eigenvalue weighted by atomic mass is 16.6. The first-order valence-corrected chi connectivity index (χ1v) is 9.04. The molecule has 0 aliphatic heterocycles. The molecule has 0 atom stereocenters. The fraction of sp³-hybridized carbons (Fsp3) is 0.0909. The number of nitro groups is 1.